The van der Waals surface area contributed by atoms with Gasteiger partial charge >= 0.3 is 157 Å². The van der Waals surface area contributed by atoms with Crippen LogP contribution in [0.1, 0.15) is 37.9 Å². The van der Waals surface area contributed by atoms with Crippen LogP contribution >= 0.6 is 0 Å². The molecule has 0 aliphatic heterocycles. The second-order valence-corrected chi connectivity index (χ2v) is 20.4. The first kappa shape index (κ1) is 21.9. The van der Waals surface area contributed by atoms with E-state index < -0.39 is 21.9 Å². The van der Waals surface area contributed by atoms with Crippen LogP contribution in [0.2, 0.25) is 13.1 Å². The van der Waals surface area contributed by atoms with Gasteiger partial charge in [0.25, 0.3) is 0 Å². The predicted molar refractivity (Wildman–Crippen MR) is 102 cm³/mol. The fourth-order valence-corrected chi connectivity index (χ4v) is 12.8. The number of benzene rings is 2. The van der Waals surface area contributed by atoms with E-state index in [1.807, 2.05) is 0 Å². The van der Waals surface area contributed by atoms with Crippen molar-refractivity contribution in [3.63, 3.8) is 0 Å². The Bertz CT molecular complexity index is 937. The Hall–Kier alpha value is -0.400. The van der Waals surface area contributed by atoms with Gasteiger partial charge in [0.05, 0.1) is 0 Å². The molecule has 26 heavy (non-hydrogen) atoms. The summed E-state index contributed by atoms with van der Waals surface area (Å²) in [5.74, 6) is 0. The monoisotopic (exact) mass is 475 g/mol. The van der Waals surface area contributed by atoms with Crippen LogP contribution in [0.25, 0.3) is 16.7 Å². The van der Waals surface area contributed by atoms with Crippen molar-refractivity contribution in [1.82, 2.24) is 0 Å². The van der Waals surface area contributed by atoms with Crippen LogP contribution in [0, 0.1) is 13.8 Å². The summed E-state index contributed by atoms with van der Waals surface area (Å²) in [7, 11) is 0. The molecule has 4 rings (SSSR count). The van der Waals surface area contributed by atoms with Crippen LogP contribution in [0.5, 0.6) is 0 Å². The minimum Gasteiger partial charge on any atom is -1.00 e. The Morgan fingerprint density at radius 3 is 2.42 bits per heavy atom. The van der Waals surface area contributed by atoms with E-state index in [4.69, 9.17) is 0 Å². The molecule has 0 saturated carbocycles. The second kappa shape index (κ2) is 8.74. The van der Waals surface area contributed by atoms with E-state index in [0.29, 0.717) is 0 Å². The summed E-state index contributed by atoms with van der Waals surface area (Å²) >= 11 is -0.440. The number of hydrogen-bond acceptors (Lipinski definition) is 0. The second-order valence-electron chi connectivity index (χ2n) is 7.14. The third-order valence-electron chi connectivity index (χ3n) is 5.26. The first-order valence-corrected chi connectivity index (χ1v) is 16.3. The van der Waals surface area contributed by atoms with Crippen molar-refractivity contribution < 1.29 is 46.7 Å². The first-order chi connectivity index (χ1) is 11.6. The van der Waals surface area contributed by atoms with Gasteiger partial charge in [0.1, 0.15) is 0 Å². The minimum absolute atomic E-state index is 0. The van der Waals surface area contributed by atoms with Gasteiger partial charge in [0.15, 0.2) is 0 Å². The van der Waals surface area contributed by atoms with Crippen LogP contribution in [-0.2, 0) is 21.9 Å². The van der Waals surface area contributed by atoms with Crippen LogP contribution < -0.4 is 24.8 Å². The molecular formula is C22H23Cl2SiZr. The molecule has 2 aliphatic carbocycles. The summed E-state index contributed by atoms with van der Waals surface area (Å²) < 4.78 is 0.750. The SMILES string of the molecule is Cc1cc2c(c(C3=CC=CC3)c1C)[CH]([Zr+2]=[Si](C)C)c1ccccc1-2.[Cl-].[Cl-]. The Labute approximate surface area is 181 Å². The molecule has 0 nitrogen and oxygen atoms in total. The average molecular weight is 478 g/mol. The molecule has 1 atom stereocenters. The molecule has 2 aromatic rings. The number of allylic oxidation sites excluding steroid dienone is 4. The smallest absolute Gasteiger partial charge is 1.00 e. The van der Waals surface area contributed by atoms with Crippen molar-refractivity contribution in [3.8, 4) is 11.1 Å². The van der Waals surface area contributed by atoms with E-state index in [1.54, 1.807) is 16.7 Å². The maximum absolute atomic E-state index is 2.52. The van der Waals surface area contributed by atoms with Crippen molar-refractivity contribution in [1.29, 1.82) is 0 Å². The van der Waals surface area contributed by atoms with Crippen molar-refractivity contribution in [2.75, 3.05) is 0 Å². The number of aryl methyl sites for hydroxylation is 1. The molecular weight excluding hydrogens is 454 g/mol. The first-order valence-electron chi connectivity index (χ1n) is 8.74. The van der Waals surface area contributed by atoms with Gasteiger partial charge in [0, 0.05) is 0 Å². The zero-order chi connectivity index (χ0) is 16.8. The van der Waals surface area contributed by atoms with Crippen LogP contribution in [0.3, 0.4) is 0 Å². The number of hydrogen-bond donors (Lipinski definition) is 0. The maximum Gasteiger partial charge on any atom is -1.00 e. The van der Waals surface area contributed by atoms with Crippen molar-refractivity contribution in [3.05, 3.63) is 76.4 Å². The summed E-state index contributed by atoms with van der Waals surface area (Å²) in [4.78, 5) is 0. The Kier molecular flexibility index (Phi) is 7.36. The third kappa shape index (κ3) is 3.63. The standard InChI is InChI=1S/C20H17.C2H6Si.2ClH.Zr/c1-13-11-18-17-10-6-5-9-16(17)12-19(18)20(14(13)2)15-7-3-4-8-15;1-3-2;;;/h3-7,9-12H,8H2,1-2H3;1-2H3;2*1H;/q;;;;+2/p-2. The normalized spacial score (nSPS) is 16.0. The van der Waals surface area contributed by atoms with E-state index in [2.05, 4.69) is 75.5 Å². The largest absolute Gasteiger partial charge is 1.00 e. The molecule has 0 amide bonds. The van der Waals surface area contributed by atoms with Crippen LogP contribution in [0.4, 0.5) is 0 Å². The molecule has 0 spiro atoms. The average Bonchev–Trinajstić information content (AvgIpc) is 3.17. The molecule has 2 aliphatic rings. The molecule has 133 valence electrons. The summed E-state index contributed by atoms with van der Waals surface area (Å²) in [6.45, 7) is 9.66. The van der Waals surface area contributed by atoms with Gasteiger partial charge in [-0.2, -0.15) is 0 Å². The van der Waals surface area contributed by atoms with Gasteiger partial charge in [-0.15, -0.1) is 0 Å². The molecule has 4 heteroatoms. The number of fused-ring (bicyclic) bond motifs is 3. The van der Waals surface area contributed by atoms with Crippen molar-refractivity contribution >= 4 is 11.0 Å². The Morgan fingerprint density at radius 1 is 1.04 bits per heavy atom. The van der Waals surface area contributed by atoms with E-state index in [1.165, 1.54) is 27.8 Å². The van der Waals surface area contributed by atoms with Crippen molar-refractivity contribution in [2.24, 2.45) is 0 Å². The fraction of sp³-hybridized carbons (Fsp3) is 0.273. The summed E-state index contributed by atoms with van der Waals surface area (Å²) in [6.07, 6.45) is 7.97. The zero-order valence-electron chi connectivity index (χ0n) is 15.7. The molecule has 0 radical (unpaired) electrons. The van der Waals surface area contributed by atoms with Gasteiger partial charge in [0.2, 0.25) is 0 Å². The van der Waals surface area contributed by atoms with Gasteiger partial charge < -0.3 is 24.8 Å². The molecule has 1 unspecified atom stereocenters. The molecule has 0 saturated heterocycles. The predicted octanol–water partition coefficient (Wildman–Crippen LogP) is 0.0581. The van der Waals surface area contributed by atoms with E-state index in [9.17, 15) is 0 Å². The topological polar surface area (TPSA) is 0 Å². The number of rotatable bonds is 2. The van der Waals surface area contributed by atoms with Gasteiger partial charge in [-0.1, -0.05) is 0 Å². The zero-order valence-corrected chi connectivity index (χ0v) is 20.6. The summed E-state index contributed by atoms with van der Waals surface area (Å²) in [6, 6.07) is 11.7. The van der Waals surface area contributed by atoms with Gasteiger partial charge in [-0.25, -0.2) is 0 Å². The van der Waals surface area contributed by atoms with E-state index >= 15 is 0 Å². The summed E-state index contributed by atoms with van der Waals surface area (Å²) in [5.41, 5.74) is 12.3. The molecule has 0 bridgehead atoms. The van der Waals surface area contributed by atoms with Crippen molar-refractivity contribution in [2.45, 2.75) is 37.0 Å². The Balaban J connectivity index is 0.00000121. The van der Waals surface area contributed by atoms with Gasteiger partial charge in [-0.05, 0) is 0 Å². The van der Waals surface area contributed by atoms with E-state index in [-0.39, 0.29) is 30.2 Å². The molecule has 0 aromatic heterocycles. The molecule has 0 heterocycles. The molecule has 0 fully saturated rings. The molecule has 2 aromatic carbocycles. The Morgan fingerprint density at radius 2 is 1.77 bits per heavy atom. The van der Waals surface area contributed by atoms with Crippen LogP contribution in [-0.4, -0.2) is 5.43 Å². The van der Waals surface area contributed by atoms with Gasteiger partial charge in [-0.3, -0.25) is 0 Å². The quantitative estimate of drug-likeness (QED) is 0.537. The molecule has 0 N–H and O–H groups in total. The van der Waals surface area contributed by atoms with Crippen LogP contribution in [0.15, 0.2) is 48.6 Å². The summed E-state index contributed by atoms with van der Waals surface area (Å²) in [5, 5.41) is 0. The minimum atomic E-state index is -0.440. The number of halogens is 2. The van der Waals surface area contributed by atoms with E-state index in [0.717, 1.165) is 10.0 Å². The third-order valence-corrected chi connectivity index (χ3v) is 14.0. The maximum atomic E-state index is 2.52. The fourth-order valence-electron chi connectivity index (χ4n) is 4.09.